The summed E-state index contributed by atoms with van der Waals surface area (Å²) in [6, 6.07) is 1.68. The molecule has 1 aromatic rings. The molecule has 0 aliphatic rings. The molecule has 0 amide bonds. The number of hydrogen-bond acceptors (Lipinski definition) is 3. The number of sulfone groups is 1. The average molecular weight is 299 g/mol. The molecule has 1 rings (SSSR count). The van der Waals surface area contributed by atoms with E-state index < -0.39 is 33.4 Å². The average Bonchev–Trinajstić information content (AvgIpc) is 2.23. The number of hydrogen-bond donors (Lipinski definition) is 1. The highest BCUT2D eigenvalue weighted by Gasteiger charge is 2.35. The van der Waals surface area contributed by atoms with Crippen LogP contribution >= 0.6 is 0 Å². The second kappa shape index (κ2) is 5.46. The molecule has 0 radical (unpaired) electrons. The van der Waals surface area contributed by atoms with Crippen molar-refractivity contribution in [3.63, 3.8) is 0 Å². The smallest absolute Gasteiger partial charge is 0.324 e. The summed E-state index contributed by atoms with van der Waals surface area (Å²) in [4.78, 5) is 0. The normalized spacial score (nSPS) is 14.4. The highest BCUT2D eigenvalue weighted by atomic mass is 32.2. The Morgan fingerprint density at radius 3 is 2.37 bits per heavy atom. The lowest BCUT2D eigenvalue weighted by molar-refractivity contribution is -0.140. The third kappa shape index (κ3) is 4.46. The molecule has 8 heteroatoms. The summed E-state index contributed by atoms with van der Waals surface area (Å²) < 4.78 is 73.1. The van der Waals surface area contributed by atoms with Gasteiger partial charge in [0.25, 0.3) is 0 Å². The largest absolute Gasteiger partial charge is 0.419 e. The van der Waals surface area contributed by atoms with E-state index in [0.717, 1.165) is 18.4 Å². The molecule has 3 nitrogen and oxygen atoms in total. The quantitative estimate of drug-likeness (QED) is 0.868. The van der Waals surface area contributed by atoms with E-state index in [0.29, 0.717) is 6.07 Å². The molecule has 0 aromatic heterocycles. The summed E-state index contributed by atoms with van der Waals surface area (Å²) >= 11 is 0. The van der Waals surface area contributed by atoms with Crippen LogP contribution in [0, 0.1) is 5.82 Å². The Kier molecular flexibility index (Phi) is 4.57. The van der Waals surface area contributed by atoms with Crippen LogP contribution < -0.4 is 5.73 Å². The van der Waals surface area contributed by atoms with E-state index in [1.807, 2.05) is 0 Å². The number of alkyl halides is 3. The lowest BCUT2D eigenvalue weighted by Crippen LogP contribution is -2.19. The number of halogens is 4. The highest BCUT2D eigenvalue weighted by Crippen LogP contribution is 2.33. The molecular weight excluding hydrogens is 286 g/mol. The minimum absolute atomic E-state index is 0.142. The van der Waals surface area contributed by atoms with Gasteiger partial charge in [-0.3, -0.25) is 0 Å². The SMILES string of the molecule is CS(=O)(=O)CCC(N)c1cccc(C(F)(F)F)c1F. The van der Waals surface area contributed by atoms with Gasteiger partial charge in [0.05, 0.1) is 11.3 Å². The van der Waals surface area contributed by atoms with Crippen molar-refractivity contribution >= 4 is 9.84 Å². The van der Waals surface area contributed by atoms with Crippen LogP contribution in [0.25, 0.3) is 0 Å². The molecule has 1 aromatic carbocycles. The van der Waals surface area contributed by atoms with E-state index in [2.05, 4.69) is 0 Å². The summed E-state index contributed by atoms with van der Waals surface area (Å²) in [5.41, 5.74) is 3.81. The fourth-order valence-corrected chi connectivity index (χ4v) is 2.23. The van der Waals surface area contributed by atoms with Crippen molar-refractivity contribution in [1.82, 2.24) is 0 Å². The maximum atomic E-state index is 13.7. The second-order valence-electron chi connectivity index (χ2n) is 4.23. The van der Waals surface area contributed by atoms with E-state index in [1.165, 1.54) is 0 Å². The highest BCUT2D eigenvalue weighted by molar-refractivity contribution is 7.90. The molecule has 108 valence electrons. The van der Waals surface area contributed by atoms with Crippen molar-refractivity contribution in [2.75, 3.05) is 12.0 Å². The molecule has 0 aliphatic carbocycles. The van der Waals surface area contributed by atoms with Crippen LogP contribution in [-0.2, 0) is 16.0 Å². The maximum absolute atomic E-state index is 13.7. The zero-order valence-corrected chi connectivity index (χ0v) is 10.9. The molecule has 1 atom stereocenters. The Morgan fingerprint density at radius 2 is 1.89 bits per heavy atom. The topological polar surface area (TPSA) is 60.2 Å². The van der Waals surface area contributed by atoms with Crippen molar-refractivity contribution in [2.24, 2.45) is 5.73 Å². The zero-order chi connectivity index (χ0) is 14.8. The minimum Gasteiger partial charge on any atom is -0.324 e. The van der Waals surface area contributed by atoms with Crippen molar-refractivity contribution in [2.45, 2.75) is 18.6 Å². The molecule has 0 spiro atoms. The first-order valence-corrected chi connectivity index (χ1v) is 7.37. The summed E-state index contributed by atoms with van der Waals surface area (Å²) in [5.74, 6) is -1.76. The van der Waals surface area contributed by atoms with Crippen LogP contribution in [0.15, 0.2) is 18.2 Å². The summed E-state index contributed by atoms with van der Waals surface area (Å²) in [5, 5.41) is 0. The molecule has 0 saturated heterocycles. The van der Waals surface area contributed by atoms with Gasteiger partial charge in [-0.15, -0.1) is 0 Å². The Labute approximate surface area is 108 Å². The van der Waals surface area contributed by atoms with E-state index in [1.54, 1.807) is 0 Å². The molecule has 19 heavy (non-hydrogen) atoms. The number of nitrogens with two attached hydrogens (primary N) is 1. The van der Waals surface area contributed by atoms with E-state index >= 15 is 0 Å². The van der Waals surface area contributed by atoms with Crippen LogP contribution in [0.3, 0.4) is 0 Å². The zero-order valence-electron chi connectivity index (χ0n) is 10.0. The van der Waals surface area contributed by atoms with Crippen LogP contribution in [0.5, 0.6) is 0 Å². The molecule has 0 fully saturated rings. The predicted octanol–water partition coefficient (Wildman–Crippen LogP) is 2.28. The third-order valence-corrected chi connectivity index (χ3v) is 3.51. The van der Waals surface area contributed by atoms with Crippen LogP contribution in [0.2, 0.25) is 0 Å². The first-order chi connectivity index (χ1) is 8.52. The molecule has 2 N–H and O–H groups in total. The van der Waals surface area contributed by atoms with Crippen molar-refractivity contribution in [1.29, 1.82) is 0 Å². The van der Waals surface area contributed by atoms with Crippen molar-refractivity contribution < 1.29 is 26.0 Å². The van der Waals surface area contributed by atoms with Gasteiger partial charge in [0, 0.05) is 17.9 Å². The lowest BCUT2D eigenvalue weighted by atomic mass is 10.0. The van der Waals surface area contributed by atoms with Crippen LogP contribution in [-0.4, -0.2) is 20.4 Å². The molecule has 0 bridgehead atoms. The Balaban J connectivity index is 3.02. The fraction of sp³-hybridized carbons (Fsp3) is 0.455. The number of rotatable bonds is 4. The first kappa shape index (κ1) is 15.9. The van der Waals surface area contributed by atoms with Gasteiger partial charge in [0.2, 0.25) is 0 Å². The van der Waals surface area contributed by atoms with Gasteiger partial charge in [0.15, 0.2) is 0 Å². The van der Waals surface area contributed by atoms with Gasteiger partial charge in [-0.25, -0.2) is 12.8 Å². The molecular formula is C11H13F4NO2S. The maximum Gasteiger partial charge on any atom is 0.419 e. The summed E-state index contributed by atoms with van der Waals surface area (Å²) in [6.45, 7) is 0. The Bertz CT molecular complexity index is 554. The first-order valence-electron chi connectivity index (χ1n) is 5.31. The van der Waals surface area contributed by atoms with E-state index in [-0.39, 0.29) is 17.7 Å². The van der Waals surface area contributed by atoms with Crippen LogP contribution in [0.4, 0.5) is 17.6 Å². The van der Waals surface area contributed by atoms with Gasteiger partial charge in [0.1, 0.15) is 15.7 Å². The lowest BCUT2D eigenvalue weighted by Gasteiger charge is -2.15. The van der Waals surface area contributed by atoms with E-state index in [9.17, 15) is 26.0 Å². The molecule has 1 unspecified atom stereocenters. The number of benzene rings is 1. The summed E-state index contributed by atoms with van der Waals surface area (Å²) in [6.07, 6.45) is -3.98. The van der Waals surface area contributed by atoms with Gasteiger partial charge in [-0.1, -0.05) is 12.1 Å². The van der Waals surface area contributed by atoms with Gasteiger partial charge < -0.3 is 5.73 Å². The Hall–Kier alpha value is -1.15. The van der Waals surface area contributed by atoms with Gasteiger partial charge in [-0.2, -0.15) is 13.2 Å². The standard InChI is InChI=1S/C11H13F4NO2S/c1-19(17,18)6-5-9(16)7-3-2-4-8(10(7)12)11(13,14)15/h2-4,9H,5-6,16H2,1H3. The fourth-order valence-electron chi connectivity index (χ4n) is 1.55. The molecule has 0 aliphatic heterocycles. The monoisotopic (exact) mass is 299 g/mol. The summed E-state index contributed by atoms with van der Waals surface area (Å²) in [7, 11) is -3.30. The van der Waals surface area contributed by atoms with E-state index in [4.69, 9.17) is 5.73 Å². The van der Waals surface area contributed by atoms with Crippen LogP contribution in [0.1, 0.15) is 23.6 Å². The third-order valence-electron chi connectivity index (χ3n) is 2.53. The molecule has 0 heterocycles. The van der Waals surface area contributed by atoms with Gasteiger partial charge in [-0.05, 0) is 12.5 Å². The second-order valence-corrected chi connectivity index (χ2v) is 6.49. The predicted molar refractivity (Wildman–Crippen MR) is 62.7 cm³/mol. The van der Waals surface area contributed by atoms with Crippen molar-refractivity contribution in [3.05, 3.63) is 35.1 Å². The van der Waals surface area contributed by atoms with Gasteiger partial charge >= 0.3 is 6.18 Å². The molecule has 0 saturated carbocycles. The minimum atomic E-state index is -4.81. The Morgan fingerprint density at radius 1 is 1.32 bits per heavy atom. The van der Waals surface area contributed by atoms with Crippen molar-refractivity contribution in [3.8, 4) is 0 Å².